The Bertz CT molecular complexity index is 899. The Morgan fingerprint density at radius 1 is 1.19 bits per heavy atom. The average Bonchev–Trinajstić information content (AvgIpc) is 3.02. The predicted octanol–water partition coefficient (Wildman–Crippen LogP) is 4.38. The van der Waals surface area contributed by atoms with Crippen LogP contribution < -0.4 is 5.32 Å². The van der Waals surface area contributed by atoms with Gasteiger partial charge in [0.15, 0.2) is 0 Å². The molecule has 1 heterocycles. The summed E-state index contributed by atoms with van der Waals surface area (Å²) in [5.74, 6) is -0.458. The number of hydrogen-bond donors (Lipinski definition) is 1. The molecule has 1 N–H and O–H groups in total. The van der Waals surface area contributed by atoms with Crippen molar-refractivity contribution in [3.05, 3.63) is 62.7 Å². The van der Waals surface area contributed by atoms with Crippen LogP contribution in [-0.2, 0) is 9.53 Å². The molecular formula is C19H17ClIN3O3. The number of methoxy groups -OCH3 is 1. The minimum atomic E-state index is -1.08. The van der Waals surface area contributed by atoms with Crippen molar-refractivity contribution in [1.82, 2.24) is 5.01 Å². The van der Waals surface area contributed by atoms with Gasteiger partial charge < -0.3 is 10.1 Å². The third kappa shape index (κ3) is 4.08. The fourth-order valence-electron chi connectivity index (χ4n) is 2.85. The maximum atomic E-state index is 12.7. The van der Waals surface area contributed by atoms with Gasteiger partial charge in [0.1, 0.15) is 5.41 Å². The van der Waals surface area contributed by atoms with Crippen molar-refractivity contribution >= 4 is 57.6 Å². The number of hydrogen-bond acceptors (Lipinski definition) is 4. The van der Waals surface area contributed by atoms with E-state index in [1.165, 1.54) is 12.1 Å². The zero-order valence-electron chi connectivity index (χ0n) is 14.7. The summed E-state index contributed by atoms with van der Waals surface area (Å²) in [5.41, 5.74) is 0.738. The van der Waals surface area contributed by atoms with Crippen LogP contribution in [0.4, 0.5) is 10.5 Å². The normalized spacial score (nSPS) is 18.8. The van der Waals surface area contributed by atoms with E-state index in [0.717, 1.165) is 3.57 Å². The quantitative estimate of drug-likeness (QED) is 0.505. The molecule has 3 rings (SSSR count). The molecule has 140 valence electrons. The number of urea groups is 1. The highest BCUT2D eigenvalue weighted by Crippen LogP contribution is 2.33. The zero-order valence-corrected chi connectivity index (χ0v) is 17.6. The van der Waals surface area contributed by atoms with Crippen LogP contribution >= 0.6 is 34.2 Å². The molecule has 2 aromatic carbocycles. The second kappa shape index (κ2) is 7.85. The fraction of sp³-hybridized carbons (Fsp3) is 0.211. The van der Waals surface area contributed by atoms with Gasteiger partial charge in [-0.1, -0.05) is 23.7 Å². The molecule has 1 atom stereocenters. The van der Waals surface area contributed by atoms with Gasteiger partial charge in [0.25, 0.3) is 0 Å². The SMILES string of the molecule is COC(=O)C1(C)CN(C(=O)Nc2ccc(I)cc2)N=C1c1ccc(Cl)cc1. The van der Waals surface area contributed by atoms with Crippen LogP contribution in [0.3, 0.4) is 0 Å². The van der Waals surface area contributed by atoms with Gasteiger partial charge in [-0.05, 0) is 71.5 Å². The number of rotatable bonds is 3. The highest BCUT2D eigenvalue weighted by molar-refractivity contribution is 14.1. The number of nitrogens with zero attached hydrogens (tertiary/aromatic N) is 2. The standard InChI is InChI=1S/C19H17ClIN3O3/c1-19(17(25)27-2)11-24(18(26)22-15-9-7-14(21)8-10-15)23-16(19)12-3-5-13(20)6-4-12/h3-10H,11H2,1-2H3,(H,22,26). The molecule has 0 bridgehead atoms. The third-order valence-electron chi connectivity index (χ3n) is 4.29. The molecule has 8 heteroatoms. The number of esters is 1. The van der Waals surface area contributed by atoms with Crippen molar-refractivity contribution in [1.29, 1.82) is 0 Å². The molecular weight excluding hydrogens is 481 g/mol. The van der Waals surface area contributed by atoms with Crippen molar-refractivity contribution in [2.24, 2.45) is 10.5 Å². The van der Waals surface area contributed by atoms with E-state index in [9.17, 15) is 9.59 Å². The summed E-state index contributed by atoms with van der Waals surface area (Å²) in [6, 6.07) is 13.9. The molecule has 0 fully saturated rings. The minimum absolute atomic E-state index is 0.0772. The summed E-state index contributed by atoms with van der Waals surface area (Å²) in [5, 5.41) is 9.03. The largest absolute Gasteiger partial charge is 0.468 e. The fourth-order valence-corrected chi connectivity index (χ4v) is 3.34. The molecule has 27 heavy (non-hydrogen) atoms. The number of carbonyl (C=O) groups excluding carboxylic acids is 2. The van der Waals surface area contributed by atoms with Crippen LogP contribution in [0.2, 0.25) is 5.02 Å². The monoisotopic (exact) mass is 497 g/mol. The van der Waals surface area contributed by atoms with E-state index in [0.29, 0.717) is 22.0 Å². The Morgan fingerprint density at radius 3 is 2.41 bits per heavy atom. The number of carbonyl (C=O) groups is 2. The highest BCUT2D eigenvalue weighted by atomic mass is 127. The molecule has 2 amide bonds. The first kappa shape index (κ1) is 19.6. The number of benzene rings is 2. The molecule has 0 aromatic heterocycles. The molecule has 0 radical (unpaired) electrons. The predicted molar refractivity (Wildman–Crippen MR) is 113 cm³/mol. The van der Waals surface area contributed by atoms with Crippen LogP contribution in [0.1, 0.15) is 12.5 Å². The van der Waals surface area contributed by atoms with E-state index in [-0.39, 0.29) is 6.54 Å². The molecule has 1 aliphatic heterocycles. The topological polar surface area (TPSA) is 71.0 Å². The van der Waals surface area contributed by atoms with Crippen molar-refractivity contribution in [3.8, 4) is 0 Å². The lowest BCUT2D eigenvalue weighted by molar-refractivity contribution is -0.147. The third-order valence-corrected chi connectivity index (χ3v) is 5.26. The van der Waals surface area contributed by atoms with Crippen LogP contribution in [0.5, 0.6) is 0 Å². The van der Waals surface area contributed by atoms with E-state index >= 15 is 0 Å². The van der Waals surface area contributed by atoms with Crippen molar-refractivity contribution in [2.75, 3.05) is 19.0 Å². The Hall–Kier alpha value is -2.13. The second-order valence-electron chi connectivity index (χ2n) is 6.27. The van der Waals surface area contributed by atoms with Gasteiger partial charge in [-0.2, -0.15) is 5.10 Å². The number of halogens is 2. The first-order valence-electron chi connectivity index (χ1n) is 8.11. The average molecular weight is 498 g/mol. The van der Waals surface area contributed by atoms with E-state index in [1.807, 2.05) is 12.1 Å². The number of anilines is 1. The molecule has 6 nitrogen and oxygen atoms in total. The lowest BCUT2D eigenvalue weighted by Crippen LogP contribution is -2.42. The van der Waals surface area contributed by atoms with E-state index < -0.39 is 17.4 Å². The summed E-state index contributed by atoms with van der Waals surface area (Å²) in [4.78, 5) is 25.1. The van der Waals surface area contributed by atoms with Gasteiger partial charge >= 0.3 is 12.0 Å². The summed E-state index contributed by atoms with van der Waals surface area (Å²) in [6.45, 7) is 1.79. The highest BCUT2D eigenvalue weighted by Gasteiger charge is 2.48. The second-order valence-corrected chi connectivity index (χ2v) is 7.96. The van der Waals surface area contributed by atoms with E-state index in [1.54, 1.807) is 43.3 Å². The Labute approximate surface area is 175 Å². The lowest BCUT2D eigenvalue weighted by Gasteiger charge is -2.23. The van der Waals surface area contributed by atoms with Crippen LogP contribution in [0.25, 0.3) is 0 Å². The van der Waals surface area contributed by atoms with Crippen molar-refractivity contribution < 1.29 is 14.3 Å². The summed E-state index contributed by atoms with van der Waals surface area (Å²) in [7, 11) is 1.32. The van der Waals surface area contributed by atoms with Gasteiger partial charge in [0.05, 0.1) is 19.4 Å². The molecule has 1 aliphatic rings. The molecule has 2 aromatic rings. The van der Waals surface area contributed by atoms with E-state index in [4.69, 9.17) is 16.3 Å². The summed E-state index contributed by atoms with van der Waals surface area (Å²) < 4.78 is 6.03. The van der Waals surface area contributed by atoms with Gasteiger partial charge in [-0.25, -0.2) is 9.80 Å². The molecule has 0 spiro atoms. The first-order valence-corrected chi connectivity index (χ1v) is 9.57. The zero-order chi connectivity index (χ0) is 19.6. The number of nitrogens with one attached hydrogen (secondary N) is 1. The molecule has 0 aliphatic carbocycles. The van der Waals surface area contributed by atoms with E-state index in [2.05, 4.69) is 33.0 Å². The number of hydrazone groups is 1. The Kier molecular flexibility index (Phi) is 5.71. The number of ether oxygens (including phenoxy) is 1. The van der Waals surface area contributed by atoms with Gasteiger partial charge in [0.2, 0.25) is 0 Å². The number of amides is 2. The summed E-state index contributed by atoms with van der Waals surface area (Å²) >= 11 is 8.14. The van der Waals surface area contributed by atoms with Gasteiger partial charge in [-0.3, -0.25) is 4.79 Å². The summed E-state index contributed by atoms with van der Waals surface area (Å²) in [6.07, 6.45) is 0. The van der Waals surface area contributed by atoms with Crippen LogP contribution in [0.15, 0.2) is 53.6 Å². The van der Waals surface area contributed by atoms with Crippen LogP contribution in [0, 0.1) is 8.99 Å². The maximum Gasteiger partial charge on any atom is 0.342 e. The molecule has 0 saturated heterocycles. The Balaban J connectivity index is 1.90. The minimum Gasteiger partial charge on any atom is -0.468 e. The molecule has 0 saturated carbocycles. The van der Waals surface area contributed by atoms with Crippen molar-refractivity contribution in [3.63, 3.8) is 0 Å². The molecule has 1 unspecified atom stereocenters. The smallest absolute Gasteiger partial charge is 0.342 e. The van der Waals surface area contributed by atoms with Gasteiger partial charge in [0, 0.05) is 14.3 Å². The maximum absolute atomic E-state index is 12.7. The van der Waals surface area contributed by atoms with Gasteiger partial charge in [-0.15, -0.1) is 0 Å². The van der Waals surface area contributed by atoms with Crippen molar-refractivity contribution in [2.45, 2.75) is 6.92 Å². The Morgan fingerprint density at radius 2 is 1.81 bits per heavy atom. The first-order chi connectivity index (χ1) is 12.8. The lowest BCUT2D eigenvalue weighted by atomic mass is 9.82. The van der Waals surface area contributed by atoms with Crippen LogP contribution in [-0.4, -0.2) is 36.4 Å².